The van der Waals surface area contributed by atoms with Crippen molar-refractivity contribution in [1.82, 2.24) is 19.1 Å². The van der Waals surface area contributed by atoms with E-state index in [1.54, 1.807) is 6.07 Å². The maximum atomic E-state index is 12.9. The molecule has 0 atom stereocenters. The summed E-state index contributed by atoms with van der Waals surface area (Å²) in [5.41, 5.74) is 0.776. The van der Waals surface area contributed by atoms with Crippen LogP contribution in [-0.4, -0.2) is 78.9 Å². The summed E-state index contributed by atoms with van der Waals surface area (Å²) in [6.07, 6.45) is 6.77. The molecule has 1 saturated carbocycles. The third-order valence-electron chi connectivity index (χ3n) is 6.82. The highest BCUT2D eigenvalue weighted by atomic mass is 32.2. The fourth-order valence-corrected chi connectivity index (χ4v) is 6.52. The molecule has 3 aliphatic rings. The van der Waals surface area contributed by atoms with Crippen molar-refractivity contribution in [2.75, 3.05) is 39.3 Å². The van der Waals surface area contributed by atoms with Crippen LogP contribution < -0.4 is 5.76 Å². The average molecular weight is 421 g/mol. The number of nitrogens with one attached hydrogen (secondary N) is 1. The van der Waals surface area contributed by atoms with Crippen LogP contribution in [0.15, 0.2) is 32.3 Å². The molecule has 0 radical (unpaired) electrons. The third-order valence-corrected chi connectivity index (χ3v) is 8.64. The van der Waals surface area contributed by atoms with Gasteiger partial charge in [0.2, 0.25) is 10.0 Å². The molecule has 2 saturated heterocycles. The molecule has 1 aliphatic carbocycles. The molecule has 5 rings (SSSR count). The Morgan fingerprint density at radius 3 is 2.28 bits per heavy atom. The predicted octanol–water partition coefficient (Wildman–Crippen LogP) is 1.44. The van der Waals surface area contributed by atoms with Crippen LogP contribution in [0.1, 0.15) is 32.1 Å². The lowest BCUT2D eigenvalue weighted by atomic mass is 9.93. The third kappa shape index (κ3) is 3.65. The van der Waals surface area contributed by atoms with Gasteiger partial charge in [-0.25, -0.2) is 13.2 Å². The van der Waals surface area contributed by atoms with Crippen LogP contribution in [0.5, 0.6) is 0 Å². The van der Waals surface area contributed by atoms with Gasteiger partial charge in [-0.05, 0) is 25.0 Å². The number of sulfonamides is 1. The Balaban J connectivity index is 1.18. The lowest BCUT2D eigenvalue weighted by Gasteiger charge is -2.48. The Hall–Kier alpha value is -1.68. The van der Waals surface area contributed by atoms with Gasteiger partial charge in [0.1, 0.15) is 0 Å². The smallest absolute Gasteiger partial charge is 0.408 e. The van der Waals surface area contributed by atoms with Gasteiger partial charge in [0.15, 0.2) is 5.58 Å². The molecule has 2 aliphatic heterocycles. The van der Waals surface area contributed by atoms with Gasteiger partial charge in [0.05, 0.1) is 10.4 Å². The number of rotatable bonds is 4. The molecule has 0 amide bonds. The van der Waals surface area contributed by atoms with Crippen molar-refractivity contribution in [1.29, 1.82) is 0 Å². The number of nitrogens with zero attached hydrogens (tertiary/aromatic N) is 3. The molecule has 0 bridgehead atoms. The van der Waals surface area contributed by atoms with Crippen molar-refractivity contribution in [3.8, 4) is 0 Å². The summed E-state index contributed by atoms with van der Waals surface area (Å²) in [7, 11) is -3.56. The first-order chi connectivity index (χ1) is 14.0. The first-order valence-corrected chi connectivity index (χ1v) is 12.1. The molecule has 1 aromatic carbocycles. The van der Waals surface area contributed by atoms with E-state index in [1.807, 2.05) is 0 Å². The molecule has 158 valence electrons. The topological polar surface area (TPSA) is 89.9 Å². The van der Waals surface area contributed by atoms with Gasteiger partial charge in [-0.3, -0.25) is 14.8 Å². The number of hydrogen-bond donors (Lipinski definition) is 1. The summed E-state index contributed by atoms with van der Waals surface area (Å²) in [6.45, 7) is 5.29. The Kier molecular flexibility index (Phi) is 5.01. The Bertz CT molecular complexity index is 1030. The molecule has 1 N–H and O–H groups in total. The molecule has 3 fully saturated rings. The Morgan fingerprint density at radius 1 is 0.931 bits per heavy atom. The molecule has 2 aromatic rings. The standard InChI is InChI=1S/C20H28N4O4S/c25-20-21-18-7-6-17(12-19(18)28-20)29(26,27)24-13-16(14-24)23-10-8-22(9-11-23)15-4-2-1-3-5-15/h6-7,12,15-16H,1-5,8-11,13-14H2,(H,21,25). The van der Waals surface area contributed by atoms with Gasteiger partial charge < -0.3 is 4.42 Å². The number of aromatic amines is 1. The van der Waals surface area contributed by atoms with Crippen molar-refractivity contribution in [2.45, 2.75) is 49.1 Å². The Morgan fingerprint density at radius 2 is 1.59 bits per heavy atom. The van der Waals surface area contributed by atoms with Crippen molar-refractivity contribution < 1.29 is 12.8 Å². The number of aromatic nitrogens is 1. The van der Waals surface area contributed by atoms with Crippen molar-refractivity contribution in [2.24, 2.45) is 0 Å². The van der Waals surface area contributed by atoms with Crippen LogP contribution in [0.25, 0.3) is 11.1 Å². The van der Waals surface area contributed by atoms with Gasteiger partial charge in [-0.2, -0.15) is 4.31 Å². The van der Waals surface area contributed by atoms with Crippen molar-refractivity contribution in [3.05, 3.63) is 28.7 Å². The summed E-state index contributed by atoms with van der Waals surface area (Å²) in [5.74, 6) is -0.578. The van der Waals surface area contributed by atoms with Crippen LogP contribution in [0.3, 0.4) is 0 Å². The summed E-state index contributed by atoms with van der Waals surface area (Å²) in [4.78, 5) is 19.1. The van der Waals surface area contributed by atoms with Crippen LogP contribution >= 0.6 is 0 Å². The lowest BCUT2D eigenvalue weighted by Crippen LogP contribution is -2.64. The number of hydrogen-bond acceptors (Lipinski definition) is 6. The number of oxazole rings is 1. The zero-order chi connectivity index (χ0) is 20.0. The minimum atomic E-state index is -3.56. The normalized spacial score (nSPS) is 24.1. The number of H-pyrrole nitrogens is 1. The summed E-state index contributed by atoms with van der Waals surface area (Å²) < 4.78 is 32.4. The molecule has 3 heterocycles. The molecule has 0 unspecified atom stereocenters. The fourth-order valence-electron chi connectivity index (χ4n) is 4.99. The second-order valence-corrected chi connectivity index (χ2v) is 10.5. The monoisotopic (exact) mass is 420 g/mol. The maximum Gasteiger partial charge on any atom is 0.417 e. The molecule has 9 heteroatoms. The quantitative estimate of drug-likeness (QED) is 0.805. The zero-order valence-electron chi connectivity index (χ0n) is 16.5. The first kappa shape index (κ1) is 19.3. The van der Waals surface area contributed by atoms with Crippen molar-refractivity contribution >= 4 is 21.1 Å². The molecule has 0 spiro atoms. The largest absolute Gasteiger partial charge is 0.417 e. The van der Waals surface area contributed by atoms with Crippen LogP contribution in [0.2, 0.25) is 0 Å². The molecule has 29 heavy (non-hydrogen) atoms. The van der Waals surface area contributed by atoms with Gasteiger partial charge >= 0.3 is 5.76 Å². The number of benzene rings is 1. The Labute approximate surface area is 170 Å². The van der Waals surface area contributed by atoms with E-state index < -0.39 is 15.8 Å². The van der Waals surface area contributed by atoms with Gasteiger partial charge in [0.25, 0.3) is 0 Å². The minimum absolute atomic E-state index is 0.174. The highest BCUT2D eigenvalue weighted by molar-refractivity contribution is 7.89. The molecule has 8 nitrogen and oxygen atoms in total. The lowest BCUT2D eigenvalue weighted by molar-refractivity contribution is 0.0202. The molecular weight excluding hydrogens is 392 g/mol. The van der Waals surface area contributed by atoms with E-state index in [0.717, 1.165) is 32.2 Å². The average Bonchev–Trinajstić information content (AvgIpc) is 3.07. The van der Waals surface area contributed by atoms with E-state index in [9.17, 15) is 13.2 Å². The fraction of sp³-hybridized carbons (Fsp3) is 0.650. The van der Waals surface area contributed by atoms with E-state index in [4.69, 9.17) is 4.42 Å². The molecular formula is C20H28N4O4S. The second kappa shape index (κ2) is 7.54. The van der Waals surface area contributed by atoms with Gasteiger partial charge in [-0.15, -0.1) is 0 Å². The van der Waals surface area contributed by atoms with E-state index in [0.29, 0.717) is 24.6 Å². The van der Waals surface area contributed by atoms with E-state index in [1.165, 1.54) is 48.5 Å². The van der Waals surface area contributed by atoms with Crippen LogP contribution in [0, 0.1) is 0 Å². The summed E-state index contributed by atoms with van der Waals surface area (Å²) in [6, 6.07) is 5.59. The number of piperazine rings is 1. The van der Waals surface area contributed by atoms with E-state index in [2.05, 4.69) is 14.8 Å². The SMILES string of the molecule is O=c1[nH]c2ccc(S(=O)(=O)N3CC(N4CCN(C5CCCCC5)CC4)C3)cc2o1. The van der Waals surface area contributed by atoms with Crippen molar-refractivity contribution in [3.63, 3.8) is 0 Å². The maximum absolute atomic E-state index is 12.9. The summed E-state index contributed by atoms with van der Waals surface area (Å²) in [5, 5.41) is 0. The van der Waals surface area contributed by atoms with E-state index in [-0.39, 0.29) is 10.5 Å². The highest BCUT2D eigenvalue weighted by Gasteiger charge is 2.41. The van der Waals surface area contributed by atoms with Gasteiger partial charge in [-0.1, -0.05) is 19.3 Å². The predicted molar refractivity (Wildman–Crippen MR) is 109 cm³/mol. The summed E-state index contributed by atoms with van der Waals surface area (Å²) >= 11 is 0. The first-order valence-electron chi connectivity index (χ1n) is 10.6. The molecule has 1 aromatic heterocycles. The van der Waals surface area contributed by atoms with Gasteiger partial charge in [0, 0.05) is 57.4 Å². The minimum Gasteiger partial charge on any atom is -0.408 e. The number of fused-ring (bicyclic) bond motifs is 1. The van der Waals surface area contributed by atoms with Crippen LogP contribution in [-0.2, 0) is 10.0 Å². The highest BCUT2D eigenvalue weighted by Crippen LogP contribution is 2.28. The van der Waals surface area contributed by atoms with Crippen LogP contribution in [0.4, 0.5) is 0 Å². The van der Waals surface area contributed by atoms with E-state index >= 15 is 0 Å². The zero-order valence-corrected chi connectivity index (χ0v) is 17.4. The second-order valence-electron chi connectivity index (χ2n) is 8.51.